The summed E-state index contributed by atoms with van der Waals surface area (Å²) in [6.07, 6.45) is 9.19. The number of aromatic hydroxyl groups is 1. The van der Waals surface area contributed by atoms with Crippen LogP contribution in [0.15, 0.2) is 12.1 Å². The molecule has 5 atom stereocenters. The van der Waals surface area contributed by atoms with Gasteiger partial charge >= 0.3 is 0 Å². The Labute approximate surface area is 139 Å². The van der Waals surface area contributed by atoms with Gasteiger partial charge in [-0.15, -0.1) is 0 Å². The van der Waals surface area contributed by atoms with Crippen LogP contribution in [-0.4, -0.2) is 10.2 Å². The van der Waals surface area contributed by atoms with Gasteiger partial charge in [0.15, 0.2) is 0 Å². The molecule has 1 aromatic carbocycles. The van der Waals surface area contributed by atoms with Gasteiger partial charge < -0.3 is 10.2 Å². The van der Waals surface area contributed by atoms with Crippen molar-refractivity contribution < 1.29 is 10.2 Å². The smallest absolute Gasteiger partial charge is 0.121 e. The molecule has 1 aromatic rings. The molecule has 2 fully saturated rings. The molecular formula is C21H30O2. The standard InChI is InChI=1S/C21H30O2/c1-3-15-5-7-19-17-6-4-13-11-20(23)14(12-22)10-18(13)16(17)8-9-21(15,19)2/h10-11,15-17,19,22-23H,3-9,12H2,1-2H3/t15-,16?,17?,19?,21+/m0/s1. The van der Waals surface area contributed by atoms with Crippen LogP contribution in [0, 0.1) is 23.2 Å². The molecule has 2 heteroatoms. The van der Waals surface area contributed by atoms with Crippen LogP contribution in [0.5, 0.6) is 5.75 Å². The van der Waals surface area contributed by atoms with Crippen molar-refractivity contribution >= 4 is 0 Å². The molecule has 0 heterocycles. The average molecular weight is 314 g/mol. The Morgan fingerprint density at radius 2 is 2.00 bits per heavy atom. The molecule has 23 heavy (non-hydrogen) atoms. The number of phenols is 1. The van der Waals surface area contributed by atoms with E-state index in [-0.39, 0.29) is 12.4 Å². The second-order valence-corrected chi connectivity index (χ2v) is 8.48. The molecular weight excluding hydrogens is 284 g/mol. The maximum atomic E-state index is 10.1. The molecule has 0 bridgehead atoms. The molecule has 126 valence electrons. The number of rotatable bonds is 2. The van der Waals surface area contributed by atoms with Crippen molar-refractivity contribution in [2.45, 2.75) is 71.3 Å². The average Bonchev–Trinajstić information content (AvgIpc) is 2.90. The van der Waals surface area contributed by atoms with Crippen molar-refractivity contribution in [2.24, 2.45) is 23.2 Å². The highest BCUT2D eigenvalue weighted by Crippen LogP contribution is 2.63. The maximum Gasteiger partial charge on any atom is 0.121 e. The van der Waals surface area contributed by atoms with Crippen LogP contribution in [0.3, 0.4) is 0 Å². The predicted molar refractivity (Wildman–Crippen MR) is 92.4 cm³/mol. The summed E-state index contributed by atoms with van der Waals surface area (Å²) in [5.41, 5.74) is 4.03. The Kier molecular flexibility index (Phi) is 3.72. The minimum Gasteiger partial charge on any atom is -0.508 e. The molecule has 3 aliphatic rings. The molecule has 0 saturated heterocycles. The molecule has 3 unspecified atom stereocenters. The highest BCUT2D eigenvalue weighted by molar-refractivity contribution is 5.45. The summed E-state index contributed by atoms with van der Waals surface area (Å²) in [5, 5.41) is 19.6. The fraction of sp³-hybridized carbons (Fsp3) is 0.714. The first kappa shape index (κ1) is 15.5. The van der Waals surface area contributed by atoms with Gasteiger partial charge in [0.05, 0.1) is 6.61 Å². The number of aliphatic hydroxyl groups excluding tert-OH is 1. The zero-order valence-electron chi connectivity index (χ0n) is 14.5. The zero-order chi connectivity index (χ0) is 16.2. The number of aliphatic hydroxyl groups is 1. The van der Waals surface area contributed by atoms with Crippen LogP contribution < -0.4 is 0 Å². The van der Waals surface area contributed by atoms with Crippen molar-refractivity contribution in [1.29, 1.82) is 0 Å². The van der Waals surface area contributed by atoms with E-state index in [0.29, 0.717) is 16.9 Å². The van der Waals surface area contributed by atoms with Crippen molar-refractivity contribution in [2.75, 3.05) is 0 Å². The van der Waals surface area contributed by atoms with Crippen molar-refractivity contribution in [3.8, 4) is 5.75 Å². The monoisotopic (exact) mass is 314 g/mol. The summed E-state index contributed by atoms with van der Waals surface area (Å²) in [4.78, 5) is 0. The lowest BCUT2D eigenvalue weighted by Gasteiger charge is -2.51. The Hall–Kier alpha value is -1.02. The molecule has 3 aliphatic carbocycles. The first-order valence-corrected chi connectivity index (χ1v) is 9.54. The molecule has 0 radical (unpaired) electrons. The van der Waals surface area contributed by atoms with Gasteiger partial charge in [-0.25, -0.2) is 0 Å². The van der Waals surface area contributed by atoms with Crippen molar-refractivity contribution in [3.05, 3.63) is 28.8 Å². The SMILES string of the molecule is CC[C@H]1CCC2C3CCc4cc(O)c(CO)cc4C3CC[C@@]21C. The summed E-state index contributed by atoms with van der Waals surface area (Å²) in [6, 6.07) is 4.03. The number of hydrogen-bond donors (Lipinski definition) is 2. The number of benzene rings is 1. The van der Waals surface area contributed by atoms with E-state index in [1.807, 2.05) is 6.07 Å². The molecule has 0 aliphatic heterocycles. The molecule has 0 aromatic heterocycles. The van der Waals surface area contributed by atoms with Gasteiger partial charge in [0.1, 0.15) is 5.75 Å². The number of aryl methyl sites for hydroxylation is 1. The van der Waals surface area contributed by atoms with Gasteiger partial charge in [-0.1, -0.05) is 20.3 Å². The fourth-order valence-electron chi connectivity index (χ4n) is 6.56. The molecule has 4 rings (SSSR count). The molecule has 2 saturated carbocycles. The Morgan fingerprint density at radius 1 is 1.17 bits per heavy atom. The lowest BCUT2D eigenvalue weighted by Crippen LogP contribution is -2.42. The summed E-state index contributed by atoms with van der Waals surface area (Å²) in [6.45, 7) is 4.88. The Morgan fingerprint density at radius 3 is 2.74 bits per heavy atom. The minimum absolute atomic E-state index is 0.0600. The normalized spacial score (nSPS) is 38.7. The second kappa shape index (κ2) is 5.51. The summed E-state index contributed by atoms with van der Waals surface area (Å²) >= 11 is 0. The number of fused-ring (bicyclic) bond motifs is 5. The molecule has 2 nitrogen and oxygen atoms in total. The summed E-state index contributed by atoms with van der Waals surface area (Å²) in [7, 11) is 0. The van der Waals surface area contributed by atoms with E-state index < -0.39 is 0 Å². The van der Waals surface area contributed by atoms with Crippen LogP contribution in [0.1, 0.15) is 75.0 Å². The van der Waals surface area contributed by atoms with Gasteiger partial charge in [0.25, 0.3) is 0 Å². The van der Waals surface area contributed by atoms with Gasteiger partial charge in [-0.2, -0.15) is 0 Å². The quantitative estimate of drug-likeness (QED) is 0.825. The second-order valence-electron chi connectivity index (χ2n) is 8.48. The van der Waals surface area contributed by atoms with Crippen LogP contribution in [0.25, 0.3) is 0 Å². The maximum absolute atomic E-state index is 10.1. The lowest BCUT2D eigenvalue weighted by molar-refractivity contribution is 0.0273. The summed E-state index contributed by atoms with van der Waals surface area (Å²) in [5.74, 6) is 3.54. The van der Waals surface area contributed by atoms with Crippen molar-refractivity contribution in [3.63, 3.8) is 0 Å². The highest BCUT2D eigenvalue weighted by Gasteiger charge is 2.53. The Bertz CT molecular complexity index is 608. The Balaban J connectivity index is 1.70. The third-order valence-electron chi connectivity index (χ3n) is 7.78. The van der Waals surface area contributed by atoms with E-state index in [2.05, 4.69) is 19.9 Å². The number of hydrogen-bond acceptors (Lipinski definition) is 2. The van der Waals surface area contributed by atoms with E-state index in [4.69, 9.17) is 0 Å². The predicted octanol–water partition coefficient (Wildman–Crippen LogP) is 4.77. The van der Waals surface area contributed by atoms with Gasteiger partial charge in [0.2, 0.25) is 0 Å². The lowest BCUT2D eigenvalue weighted by atomic mass is 9.54. The van der Waals surface area contributed by atoms with E-state index in [1.54, 1.807) is 0 Å². The summed E-state index contributed by atoms with van der Waals surface area (Å²) < 4.78 is 0. The zero-order valence-corrected chi connectivity index (χ0v) is 14.5. The third kappa shape index (κ3) is 2.17. The van der Waals surface area contributed by atoms with E-state index >= 15 is 0 Å². The van der Waals surface area contributed by atoms with Crippen LogP contribution in [0.2, 0.25) is 0 Å². The topological polar surface area (TPSA) is 40.5 Å². The van der Waals surface area contributed by atoms with Gasteiger partial charge in [-0.3, -0.25) is 0 Å². The van der Waals surface area contributed by atoms with Crippen LogP contribution >= 0.6 is 0 Å². The van der Waals surface area contributed by atoms with E-state index in [0.717, 1.165) is 24.2 Å². The largest absolute Gasteiger partial charge is 0.508 e. The van der Waals surface area contributed by atoms with Gasteiger partial charge in [0, 0.05) is 5.56 Å². The first-order valence-electron chi connectivity index (χ1n) is 9.54. The van der Waals surface area contributed by atoms with Gasteiger partial charge in [-0.05, 0) is 90.9 Å². The minimum atomic E-state index is -0.0600. The van der Waals surface area contributed by atoms with E-state index in [9.17, 15) is 10.2 Å². The highest BCUT2D eigenvalue weighted by atomic mass is 16.3. The van der Waals surface area contributed by atoms with Crippen LogP contribution in [-0.2, 0) is 13.0 Å². The first-order chi connectivity index (χ1) is 11.1. The molecule has 0 amide bonds. The molecule has 0 spiro atoms. The van der Waals surface area contributed by atoms with Crippen molar-refractivity contribution in [1.82, 2.24) is 0 Å². The third-order valence-corrected chi connectivity index (χ3v) is 7.78. The molecule has 2 N–H and O–H groups in total. The van der Waals surface area contributed by atoms with Crippen LogP contribution in [0.4, 0.5) is 0 Å². The van der Waals surface area contributed by atoms with E-state index in [1.165, 1.54) is 49.7 Å². The fourth-order valence-corrected chi connectivity index (χ4v) is 6.56.